The summed E-state index contributed by atoms with van der Waals surface area (Å²) in [6.07, 6.45) is 1.49. The van der Waals surface area contributed by atoms with Crippen molar-refractivity contribution >= 4 is 23.1 Å². The first-order chi connectivity index (χ1) is 12.4. The van der Waals surface area contributed by atoms with Crippen molar-refractivity contribution in [2.24, 2.45) is 0 Å². The fourth-order valence-electron chi connectivity index (χ4n) is 2.45. The molecule has 0 aliphatic carbocycles. The number of aromatic nitrogens is 1. The van der Waals surface area contributed by atoms with Crippen molar-refractivity contribution in [1.29, 1.82) is 0 Å². The van der Waals surface area contributed by atoms with Crippen LogP contribution in [0.15, 0.2) is 54.7 Å². The molecule has 0 aliphatic heterocycles. The molecule has 6 heteroatoms. The normalized spacial score (nSPS) is 10.5. The van der Waals surface area contributed by atoms with Crippen molar-refractivity contribution in [1.82, 2.24) is 4.98 Å². The Balaban J connectivity index is 1.80. The number of carbonyl (C=O) groups is 1. The van der Waals surface area contributed by atoms with Crippen molar-refractivity contribution in [3.8, 4) is 0 Å². The lowest BCUT2D eigenvalue weighted by atomic mass is 10.1. The first kappa shape index (κ1) is 17.5. The van der Waals surface area contributed by atoms with Crippen LogP contribution in [0.3, 0.4) is 0 Å². The Morgan fingerprint density at radius 3 is 2.58 bits per heavy atom. The predicted octanol–water partition coefficient (Wildman–Crippen LogP) is 4.97. The molecule has 0 spiro atoms. The van der Waals surface area contributed by atoms with E-state index in [1.54, 1.807) is 6.07 Å². The van der Waals surface area contributed by atoms with Crippen molar-refractivity contribution < 1.29 is 13.6 Å². The number of benzene rings is 2. The smallest absolute Gasteiger partial charge is 0.255 e. The van der Waals surface area contributed by atoms with E-state index in [-0.39, 0.29) is 5.69 Å². The van der Waals surface area contributed by atoms with Crippen molar-refractivity contribution in [2.45, 2.75) is 13.8 Å². The molecule has 4 nitrogen and oxygen atoms in total. The van der Waals surface area contributed by atoms with Crippen molar-refractivity contribution in [3.63, 3.8) is 0 Å². The van der Waals surface area contributed by atoms with E-state index in [1.807, 2.05) is 32.0 Å². The summed E-state index contributed by atoms with van der Waals surface area (Å²) < 4.78 is 26.7. The van der Waals surface area contributed by atoms with Gasteiger partial charge >= 0.3 is 0 Å². The average molecular weight is 353 g/mol. The minimum atomic E-state index is -0.832. The van der Waals surface area contributed by atoms with E-state index in [4.69, 9.17) is 0 Å². The molecule has 1 amide bonds. The first-order valence-electron chi connectivity index (χ1n) is 8.00. The van der Waals surface area contributed by atoms with Gasteiger partial charge in [-0.05, 0) is 55.3 Å². The summed E-state index contributed by atoms with van der Waals surface area (Å²) in [5.74, 6) is -1.56. The number of nitrogens with zero attached hydrogens (tertiary/aromatic N) is 1. The maximum atomic E-state index is 13.7. The van der Waals surface area contributed by atoms with Gasteiger partial charge in [-0.1, -0.05) is 12.1 Å². The summed E-state index contributed by atoms with van der Waals surface area (Å²) in [6.45, 7) is 4.00. The molecule has 3 rings (SSSR count). The Bertz CT molecular complexity index is 973. The van der Waals surface area contributed by atoms with Crippen LogP contribution in [0.25, 0.3) is 0 Å². The number of hydrogen-bond donors (Lipinski definition) is 2. The highest BCUT2D eigenvalue weighted by Gasteiger charge is 2.11. The molecule has 2 N–H and O–H groups in total. The number of anilines is 3. The molecule has 1 heterocycles. The van der Waals surface area contributed by atoms with E-state index >= 15 is 0 Å². The molecular weight excluding hydrogens is 336 g/mol. The molecule has 0 unspecified atom stereocenters. The highest BCUT2D eigenvalue weighted by Crippen LogP contribution is 2.22. The van der Waals surface area contributed by atoms with Crippen LogP contribution in [0.2, 0.25) is 0 Å². The Kier molecular flexibility index (Phi) is 4.93. The van der Waals surface area contributed by atoms with Crippen LogP contribution in [0.5, 0.6) is 0 Å². The third-order valence-corrected chi connectivity index (χ3v) is 4.07. The lowest BCUT2D eigenvalue weighted by molar-refractivity contribution is 0.102. The second-order valence-corrected chi connectivity index (χ2v) is 5.88. The standard InChI is InChI=1S/C20H17F2N3O/c1-12-4-3-5-17(13(12)2)24-19-10-14(8-9-23-19)20(26)25-18-7-6-15(21)11-16(18)22/h3-11H,1-2H3,(H,23,24)(H,25,26). The quantitative estimate of drug-likeness (QED) is 0.696. The van der Waals surface area contributed by atoms with E-state index in [0.717, 1.165) is 28.9 Å². The number of halogens is 2. The zero-order valence-corrected chi connectivity index (χ0v) is 14.3. The van der Waals surface area contributed by atoms with Gasteiger partial charge in [0.2, 0.25) is 0 Å². The van der Waals surface area contributed by atoms with Crippen LogP contribution < -0.4 is 10.6 Å². The average Bonchev–Trinajstić information content (AvgIpc) is 2.61. The molecule has 1 aromatic heterocycles. The van der Waals surface area contributed by atoms with Gasteiger partial charge in [-0.15, -0.1) is 0 Å². The molecule has 0 saturated heterocycles. The van der Waals surface area contributed by atoms with Crippen LogP contribution in [0.1, 0.15) is 21.5 Å². The predicted molar refractivity (Wildman–Crippen MR) is 97.7 cm³/mol. The van der Waals surface area contributed by atoms with Gasteiger partial charge in [0, 0.05) is 23.5 Å². The second-order valence-electron chi connectivity index (χ2n) is 5.88. The molecular formula is C20H17F2N3O. The van der Waals surface area contributed by atoms with Gasteiger partial charge in [0.25, 0.3) is 5.91 Å². The molecule has 2 aromatic carbocycles. The molecule has 0 saturated carbocycles. The summed E-state index contributed by atoms with van der Waals surface area (Å²) in [6, 6.07) is 11.9. The largest absolute Gasteiger partial charge is 0.340 e. The summed E-state index contributed by atoms with van der Waals surface area (Å²) in [4.78, 5) is 16.6. The van der Waals surface area contributed by atoms with E-state index in [2.05, 4.69) is 15.6 Å². The van der Waals surface area contributed by atoms with E-state index in [9.17, 15) is 13.6 Å². The Hall–Kier alpha value is -3.28. The van der Waals surface area contributed by atoms with Crippen LogP contribution in [-0.2, 0) is 0 Å². The highest BCUT2D eigenvalue weighted by atomic mass is 19.1. The first-order valence-corrected chi connectivity index (χ1v) is 8.00. The molecule has 0 bridgehead atoms. The number of aryl methyl sites for hydroxylation is 1. The Labute approximate surface area is 149 Å². The Morgan fingerprint density at radius 1 is 1.00 bits per heavy atom. The zero-order valence-electron chi connectivity index (χ0n) is 14.3. The number of hydrogen-bond acceptors (Lipinski definition) is 3. The monoisotopic (exact) mass is 353 g/mol. The van der Waals surface area contributed by atoms with Gasteiger partial charge in [-0.3, -0.25) is 4.79 Å². The maximum absolute atomic E-state index is 13.7. The topological polar surface area (TPSA) is 54.0 Å². The minimum absolute atomic E-state index is 0.0859. The number of pyridine rings is 1. The fourth-order valence-corrected chi connectivity index (χ4v) is 2.45. The van der Waals surface area contributed by atoms with E-state index in [0.29, 0.717) is 11.4 Å². The van der Waals surface area contributed by atoms with Crippen LogP contribution >= 0.6 is 0 Å². The van der Waals surface area contributed by atoms with Crippen LogP contribution in [0.4, 0.5) is 26.0 Å². The maximum Gasteiger partial charge on any atom is 0.255 e. The lowest BCUT2D eigenvalue weighted by Gasteiger charge is -2.12. The summed E-state index contributed by atoms with van der Waals surface area (Å²) in [7, 11) is 0. The summed E-state index contributed by atoms with van der Waals surface area (Å²) in [5, 5.41) is 5.61. The minimum Gasteiger partial charge on any atom is -0.340 e. The highest BCUT2D eigenvalue weighted by molar-refractivity contribution is 6.04. The third kappa shape index (κ3) is 3.85. The van der Waals surface area contributed by atoms with Gasteiger partial charge in [0.05, 0.1) is 5.69 Å². The molecule has 3 aromatic rings. The molecule has 0 atom stereocenters. The lowest BCUT2D eigenvalue weighted by Crippen LogP contribution is -2.13. The number of carbonyl (C=O) groups excluding carboxylic acids is 1. The zero-order chi connectivity index (χ0) is 18.7. The van der Waals surface area contributed by atoms with Gasteiger partial charge in [0.1, 0.15) is 17.5 Å². The number of amides is 1. The second kappa shape index (κ2) is 7.31. The van der Waals surface area contributed by atoms with Gasteiger partial charge in [-0.25, -0.2) is 13.8 Å². The van der Waals surface area contributed by atoms with Gasteiger partial charge in [-0.2, -0.15) is 0 Å². The fraction of sp³-hybridized carbons (Fsp3) is 0.100. The third-order valence-electron chi connectivity index (χ3n) is 4.07. The van der Waals surface area contributed by atoms with Gasteiger partial charge < -0.3 is 10.6 Å². The van der Waals surface area contributed by atoms with Crippen LogP contribution in [-0.4, -0.2) is 10.9 Å². The molecule has 0 fully saturated rings. The van der Waals surface area contributed by atoms with Crippen molar-refractivity contribution in [3.05, 3.63) is 83.1 Å². The number of nitrogens with one attached hydrogen (secondary N) is 2. The van der Waals surface area contributed by atoms with Crippen molar-refractivity contribution in [2.75, 3.05) is 10.6 Å². The molecule has 0 aliphatic rings. The number of rotatable bonds is 4. The Morgan fingerprint density at radius 2 is 1.81 bits per heavy atom. The van der Waals surface area contributed by atoms with Gasteiger partial charge in [0.15, 0.2) is 0 Å². The van der Waals surface area contributed by atoms with E-state index in [1.165, 1.54) is 18.3 Å². The SMILES string of the molecule is Cc1cccc(Nc2cc(C(=O)Nc3ccc(F)cc3F)ccn2)c1C. The summed E-state index contributed by atoms with van der Waals surface area (Å²) in [5.41, 5.74) is 3.32. The van der Waals surface area contributed by atoms with E-state index < -0.39 is 17.5 Å². The molecule has 132 valence electrons. The molecule has 26 heavy (non-hydrogen) atoms. The van der Waals surface area contributed by atoms with Crippen LogP contribution in [0, 0.1) is 25.5 Å². The summed E-state index contributed by atoms with van der Waals surface area (Å²) >= 11 is 0. The molecule has 0 radical (unpaired) electrons.